The van der Waals surface area contributed by atoms with Gasteiger partial charge in [0.2, 0.25) is 5.95 Å². The maximum atomic E-state index is 5.95. The van der Waals surface area contributed by atoms with Crippen LogP contribution in [-0.2, 0) is 6.54 Å². The second kappa shape index (κ2) is 5.55. The third kappa shape index (κ3) is 2.95. The van der Waals surface area contributed by atoms with E-state index in [1.54, 1.807) is 11.3 Å². The van der Waals surface area contributed by atoms with Gasteiger partial charge in [-0.25, -0.2) is 4.98 Å². The molecule has 0 amide bonds. The lowest BCUT2D eigenvalue weighted by Crippen LogP contribution is -2.10. The number of aromatic nitrogens is 2. The molecule has 1 N–H and O–H groups in total. The molecule has 0 aliphatic heterocycles. The Morgan fingerprint density at radius 2 is 2.21 bits per heavy atom. The first kappa shape index (κ1) is 13.0. The zero-order chi connectivity index (χ0) is 13.2. The van der Waals surface area contributed by atoms with E-state index in [0.717, 1.165) is 22.5 Å². The Labute approximate surface area is 122 Å². The quantitative estimate of drug-likeness (QED) is 0.891. The highest BCUT2D eigenvalue weighted by molar-refractivity contribution is 7.16. The summed E-state index contributed by atoms with van der Waals surface area (Å²) in [6, 6.07) is 4.63. The second-order valence-corrected chi connectivity index (χ2v) is 6.91. The van der Waals surface area contributed by atoms with Gasteiger partial charge in [-0.05, 0) is 31.9 Å². The van der Waals surface area contributed by atoms with Crippen molar-refractivity contribution in [2.24, 2.45) is 0 Å². The van der Waals surface area contributed by atoms with Crippen molar-refractivity contribution < 1.29 is 0 Å². The average Bonchev–Trinajstić information content (AvgIpc) is 3.07. The number of nitrogens with zero attached hydrogens (tertiary/aromatic N) is 2. The minimum Gasteiger partial charge on any atom is -0.351 e. The van der Waals surface area contributed by atoms with Gasteiger partial charge in [0, 0.05) is 17.1 Å². The first-order valence-corrected chi connectivity index (χ1v) is 7.95. The molecule has 0 atom stereocenters. The van der Waals surface area contributed by atoms with Gasteiger partial charge < -0.3 is 9.88 Å². The fourth-order valence-corrected chi connectivity index (χ4v) is 3.75. The molecule has 0 radical (unpaired) electrons. The van der Waals surface area contributed by atoms with Crippen molar-refractivity contribution in [3.05, 3.63) is 33.2 Å². The molecule has 102 valence electrons. The van der Waals surface area contributed by atoms with Gasteiger partial charge in [-0.3, -0.25) is 0 Å². The lowest BCUT2D eigenvalue weighted by atomic mass is 10.2. The van der Waals surface area contributed by atoms with Crippen LogP contribution in [0, 0.1) is 6.92 Å². The van der Waals surface area contributed by atoms with Gasteiger partial charge in [0.1, 0.15) is 0 Å². The molecule has 0 spiro atoms. The number of halogens is 1. The van der Waals surface area contributed by atoms with Crippen LogP contribution in [0.4, 0.5) is 5.95 Å². The van der Waals surface area contributed by atoms with Crippen LogP contribution in [0.1, 0.15) is 42.3 Å². The van der Waals surface area contributed by atoms with Gasteiger partial charge in [-0.2, -0.15) is 0 Å². The summed E-state index contributed by atoms with van der Waals surface area (Å²) in [5.41, 5.74) is 1.08. The maximum absolute atomic E-state index is 5.95. The lowest BCUT2D eigenvalue weighted by Gasteiger charge is -2.15. The van der Waals surface area contributed by atoms with Gasteiger partial charge >= 0.3 is 0 Å². The van der Waals surface area contributed by atoms with Gasteiger partial charge in [0.25, 0.3) is 0 Å². The van der Waals surface area contributed by atoms with Gasteiger partial charge in [0.05, 0.1) is 16.6 Å². The normalized spacial score (nSPS) is 16.1. The van der Waals surface area contributed by atoms with Crippen LogP contribution in [0.3, 0.4) is 0 Å². The molecule has 0 bridgehead atoms. The van der Waals surface area contributed by atoms with E-state index in [0.29, 0.717) is 6.04 Å². The van der Waals surface area contributed by atoms with E-state index in [1.807, 2.05) is 6.07 Å². The summed E-state index contributed by atoms with van der Waals surface area (Å²) in [7, 11) is 0. The summed E-state index contributed by atoms with van der Waals surface area (Å²) in [5, 5.41) is 3.44. The molecule has 3 rings (SSSR count). The number of thiophene rings is 1. The van der Waals surface area contributed by atoms with Crippen LogP contribution in [0.2, 0.25) is 4.34 Å². The molecule has 0 aromatic carbocycles. The topological polar surface area (TPSA) is 29.9 Å². The number of aryl methyl sites for hydroxylation is 1. The highest BCUT2D eigenvalue weighted by Gasteiger charge is 2.20. The summed E-state index contributed by atoms with van der Waals surface area (Å²) >= 11 is 7.57. The van der Waals surface area contributed by atoms with Gasteiger partial charge in [-0.15, -0.1) is 11.3 Å². The van der Waals surface area contributed by atoms with E-state index >= 15 is 0 Å². The van der Waals surface area contributed by atoms with Crippen molar-refractivity contribution in [2.45, 2.75) is 45.2 Å². The standard InChI is InChI=1S/C14H18ClN3S/c1-10-9-18(11-4-2-3-5-11)14(17-10)16-8-12-6-7-13(15)19-12/h6-7,9,11H,2-5,8H2,1H3,(H,16,17). The van der Waals surface area contributed by atoms with Crippen molar-refractivity contribution in [3.8, 4) is 0 Å². The average molecular weight is 296 g/mol. The Balaban J connectivity index is 1.73. The number of imidazole rings is 1. The largest absolute Gasteiger partial charge is 0.351 e. The Morgan fingerprint density at radius 1 is 1.42 bits per heavy atom. The van der Waals surface area contributed by atoms with Crippen molar-refractivity contribution in [3.63, 3.8) is 0 Å². The highest BCUT2D eigenvalue weighted by Crippen LogP contribution is 2.32. The molecular weight excluding hydrogens is 278 g/mol. The lowest BCUT2D eigenvalue weighted by molar-refractivity contribution is 0.522. The Hall–Kier alpha value is -1.00. The molecule has 1 aliphatic rings. The first-order valence-electron chi connectivity index (χ1n) is 6.76. The molecule has 2 aromatic heterocycles. The molecule has 2 heterocycles. The summed E-state index contributed by atoms with van der Waals surface area (Å²) in [6.07, 6.45) is 7.38. The van der Waals surface area contributed by atoms with Crippen molar-refractivity contribution in [2.75, 3.05) is 5.32 Å². The molecule has 1 aliphatic carbocycles. The van der Waals surface area contributed by atoms with Gasteiger partial charge in [-0.1, -0.05) is 24.4 Å². The maximum Gasteiger partial charge on any atom is 0.203 e. The third-order valence-corrected chi connectivity index (χ3v) is 4.85. The third-order valence-electron chi connectivity index (χ3n) is 3.62. The molecule has 19 heavy (non-hydrogen) atoms. The molecule has 3 nitrogen and oxygen atoms in total. The number of nitrogens with one attached hydrogen (secondary N) is 1. The molecular formula is C14H18ClN3S. The molecule has 5 heteroatoms. The van der Waals surface area contributed by atoms with Crippen LogP contribution >= 0.6 is 22.9 Å². The predicted molar refractivity (Wildman–Crippen MR) is 81.1 cm³/mol. The Bertz CT molecular complexity index is 555. The number of hydrogen-bond acceptors (Lipinski definition) is 3. The Kier molecular flexibility index (Phi) is 3.80. The Morgan fingerprint density at radius 3 is 2.89 bits per heavy atom. The van der Waals surface area contributed by atoms with Crippen molar-refractivity contribution in [1.82, 2.24) is 9.55 Å². The summed E-state index contributed by atoms with van der Waals surface area (Å²) in [5.74, 6) is 0.994. The summed E-state index contributed by atoms with van der Waals surface area (Å²) in [4.78, 5) is 5.84. The first-order chi connectivity index (χ1) is 9.22. The fraction of sp³-hybridized carbons (Fsp3) is 0.500. The summed E-state index contributed by atoms with van der Waals surface area (Å²) < 4.78 is 3.16. The van der Waals surface area contributed by atoms with Crippen LogP contribution < -0.4 is 5.32 Å². The zero-order valence-corrected chi connectivity index (χ0v) is 12.6. The van der Waals surface area contributed by atoms with Crippen molar-refractivity contribution in [1.29, 1.82) is 0 Å². The minimum absolute atomic E-state index is 0.621. The van der Waals surface area contributed by atoms with E-state index < -0.39 is 0 Å². The number of hydrogen-bond donors (Lipinski definition) is 1. The molecule has 1 saturated carbocycles. The second-order valence-electron chi connectivity index (χ2n) is 5.11. The predicted octanol–water partition coefficient (Wildman–Crippen LogP) is 4.63. The molecule has 0 unspecified atom stereocenters. The summed E-state index contributed by atoms with van der Waals surface area (Å²) in [6.45, 7) is 2.85. The minimum atomic E-state index is 0.621. The van der Waals surface area contributed by atoms with E-state index in [4.69, 9.17) is 11.6 Å². The smallest absolute Gasteiger partial charge is 0.203 e. The molecule has 1 fully saturated rings. The van der Waals surface area contributed by atoms with E-state index in [-0.39, 0.29) is 0 Å². The monoisotopic (exact) mass is 295 g/mol. The zero-order valence-electron chi connectivity index (χ0n) is 11.0. The van der Waals surface area contributed by atoms with E-state index in [1.165, 1.54) is 30.6 Å². The van der Waals surface area contributed by atoms with Gasteiger partial charge in [0.15, 0.2) is 0 Å². The fourth-order valence-electron chi connectivity index (χ4n) is 2.72. The molecule has 2 aromatic rings. The SMILES string of the molecule is Cc1cn(C2CCCC2)c(NCc2ccc(Cl)s2)n1. The van der Waals surface area contributed by atoms with E-state index in [9.17, 15) is 0 Å². The molecule has 0 saturated heterocycles. The number of anilines is 1. The van der Waals surface area contributed by atoms with Crippen LogP contribution in [-0.4, -0.2) is 9.55 Å². The van der Waals surface area contributed by atoms with Crippen LogP contribution in [0.15, 0.2) is 18.3 Å². The van der Waals surface area contributed by atoms with Crippen LogP contribution in [0.5, 0.6) is 0 Å². The van der Waals surface area contributed by atoms with Crippen molar-refractivity contribution >= 4 is 28.9 Å². The number of rotatable bonds is 4. The van der Waals surface area contributed by atoms with E-state index in [2.05, 4.69) is 34.1 Å². The van der Waals surface area contributed by atoms with Crippen LogP contribution in [0.25, 0.3) is 0 Å². The highest BCUT2D eigenvalue weighted by atomic mass is 35.5.